The third-order valence-electron chi connectivity index (χ3n) is 1.46. The molecule has 0 saturated heterocycles. The van der Waals surface area contributed by atoms with Crippen LogP contribution in [0.15, 0.2) is 0 Å². The molecule has 1 atom stereocenters. The van der Waals surface area contributed by atoms with E-state index in [0.717, 1.165) is 0 Å². The second-order valence-corrected chi connectivity index (χ2v) is 5.26. The molecule has 0 aromatic rings. The van der Waals surface area contributed by atoms with Crippen molar-refractivity contribution in [3.8, 4) is 0 Å². The van der Waals surface area contributed by atoms with Crippen LogP contribution in [0.2, 0.25) is 0 Å². The van der Waals surface area contributed by atoms with Crippen molar-refractivity contribution in [3.05, 3.63) is 0 Å². The number of carbonyl (C=O) groups is 1. The summed E-state index contributed by atoms with van der Waals surface area (Å²) in [4.78, 5) is 11.4. The van der Waals surface area contributed by atoms with Crippen LogP contribution in [0.4, 0.5) is 0 Å². The molecule has 0 saturated carbocycles. The molecule has 0 aliphatic rings. The van der Waals surface area contributed by atoms with Gasteiger partial charge in [-0.15, -0.1) is 0 Å². The van der Waals surface area contributed by atoms with E-state index in [1.807, 2.05) is 0 Å². The summed E-state index contributed by atoms with van der Waals surface area (Å²) < 4.78 is 4.20. The zero-order valence-electron chi connectivity index (χ0n) is 8.13. The Labute approximate surface area is 86.8 Å². The summed E-state index contributed by atoms with van der Waals surface area (Å²) in [5.74, 6) is -0.163. The van der Waals surface area contributed by atoms with Gasteiger partial charge in [-0.05, 0) is 13.8 Å². The number of hydrogen-bond acceptors (Lipinski definition) is 3. The van der Waals surface area contributed by atoms with E-state index in [0.29, 0.717) is 6.61 Å². The fraction of sp³-hybridized carbons (Fsp3) is 0.875. The van der Waals surface area contributed by atoms with Gasteiger partial charge in [0, 0.05) is 7.11 Å². The van der Waals surface area contributed by atoms with Crippen LogP contribution in [0, 0.1) is 0 Å². The van der Waals surface area contributed by atoms with E-state index in [9.17, 15) is 4.79 Å². The molecular weight excluding hydrogens is 238 g/mol. The molecule has 0 radical (unpaired) electrons. The van der Waals surface area contributed by atoms with E-state index in [1.165, 1.54) is 7.11 Å². The summed E-state index contributed by atoms with van der Waals surface area (Å²) in [7, 11) is 1.52. The largest absolute Gasteiger partial charge is 0.394 e. The summed E-state index contributed by atoms with van der Waals surface area (Å²) in [6, 6.07) is -0.339. The van der Waals surface area contributed by atoms with Crippen LogP contribution in [0.5, 0.6) is 0 Å². The van der Waals surface area contributed by atoms with Gasteiger partial charge in [0.25, 0.3) is 0 Å². The van der Waals surface area contributed by atoms with E-state index in [2.05, 4.69) is 21.2 Å². The Bertz CT molecular complexity index is 167. The van der Waals surface area contributed by atoms with Crippen molar-refractivity contribution in [2.45, 2.75) is 24.2 Å². The van der Waals surface area contributed by atoms with Gasteiger partial charge in [-0.2, -0.15) is 0 Å². The van der Waals surface area contributed by atoms with Gasteiger partial charge in [0.15, 0.2) is 0 Å². The Morgan fingerprint density at radius 2 is 2.23 bits per heavy atom. The minimum atomic E-state index is -0.617. The van der Waals surface area contributed by atoms with Crippen LogP contribution >= 0.6 is 15.9 Å². The molecule has 1 amide bonds. The number of ether oxygens (including phenoxy) is 1. The topological polar surface area (TPSA) is 58.6 Å². The lowest BCUT2D eigenvalue weighted by molar-refractivity contribution is -0.123. The van der Waals surface area contributed by atoms with Crippen LogP contribution < -0.4 is 5.32 Å². The van der Waals surface area contributed by atoms with Gasteiger partial charge in [-0.25, -0.2) is 0 Å². The molecule has 0 rings (SSSR count). The van der Waals surface area contributed by atoms with Crippen LogP contribution in [0.1, 0.15) is 13.8 Å². The number of methoxy groups -OCH3 is 1. The Hall–Kier alpha value is -0.130. The quantitative estimate of drug-likeness (QED) is 0.693. The van der Waals surface area contributed by atoms with Crippen molar-refractivity contribution in [3.63, 3.8) is 0 Å². The van der Waals surface area contributed by atoms with Crippen molar-refractivity contribution in [1.82, 2.24) is 5.32 Å². The summed E-state index contributed by atoms with van der Waals surface area (Å²) in [6.45, 7) is 3.67. The predicted molar refractivity (Wildman–Crippen MR) is 53.9 cm³/mol. The first-order valence-corrected chi connectivity index (χ1v) is 4.80. The van der Waals surface area contributed by atoms with Crippen LogP contribution in [-0.2, 0) is 9.53 Å². The van der Waals surface area contributed by atoms with Crippen molar-refractivity contribution >= 4 is 21.8 Å². The monoisotopic (exact) mass is 253 g/mol. The number of hydrogen-bond donors (Lipinski definition) is 2. The molecule has 0 bridgehead atoms. The van der Waals surface area contributed by atoms with Crippen LogP contribution in [0.25, 0.3) is 0 Å². The normalized spacial score (nSPS) is 13.9. The number of halogens is 1. The number of alkyl halides is 1. The number of nitrogens with one attached hydrogen (secondary N) is 1. The maximum atomic E-state index is 11.4. The van der Waals surface area contributed by atoms with E-state index in [4.69, 9.17) is 9.84 Å². The Morgan fingerprint density at radius 3 is 2.54 bits per heavy atom. The van der Waals surface area contributed by atoms with Crippen molar-refractivity contribution < 1.29 is 14.6 Å². The molecule has 1 unspecified atom stereocenters. The fourth-order valence-electron chi connectivity index (χ4n) is 0.698. The number of aliphatic hydroxyl groups excluding tert-OH is 1. The zero-order valence-corrected chi connectivity index (χ0v) is 9.72. The second kappa shape index (κ2) is 5.57. The third kappa shape index (κ3) is 5.23. The molecule has 78 valence electrons. The molecule has 0 aliphatic carbocycles. The zero-order chi connectivity index (χ0) is 10.5. The molecular formula is C8H16BrNO3. The van der Waals surface area contributed by atoms with Gasteiger partial charge in [0.2, 0.25) is 5.91 Å². The van der Waals surface area contributed by atoms with Crippen LogP contribution in [-0.4, -0.2) is 41.7 Å². The first kappa shape index (κ1) is 12.9. The lowest BCUT2D eigenvalue weighted by Gasteiger charge is -2.21. The van der Waals surface area contributed by atoms with E-state index in [-0.39, 0.29) is 18.6 Å². The Kier molecular flexibility index (Phi) is 5.51. The van der Waals surface area contributed by atoms with E-state index in [1.54, 1.807) is 13.8 Å². The number of carbonyl (C=O) groups excluding carboxylic acids is 1. The summed E-state index contributed by atoms with van der Waals surface area (Å²) in [5, 5.41) is 11.5. The predicted octanol–water partition coefficient (Wildman–Crippen LogP) is 0.283. The highest BCUT2D eigenvalue weighted by molar-refractivity contribution is 9.10. The Morgan fingerprint density at radius 1 is 1.69 bits per heavy atom. The minimum absolute atomic E-state index is 0.122. The molecule has 0 heterocycles. The lowest BCUT2D eigenvalue weighted by atomic mass is 10.2. The molecule has 0 aromatic heterocycles. The standard InChI is InChI=1S/C8H16BrNO3/c1-8(2,9)7(12)10-6(4-11)5-13-3/h6,11H,4-5H2,1-3H3,(H,10,12). The minimum Gasteiger partial charge on any atom is -0.394 e. The summed E-state index contributed by atoms with van der Waals surface area (Å²) in [6.07, 6.45) is 0. The van der Waals surface area contributed by atoms with Crippen molar-refractivity contribution in [2.75, 3.05) is 20.3 Å². The maximum absolute atomic E-state index is 11.4. The maximum Gasteiger partial charge on any atom is 0.236 e. The average molecular weight is 254 g/mol. The van der Waals surface area contributed by atoms with Crippen molar-refractivity contribution in [1.29, 1.82) is 0 Å². The lowest BCUT2D eigenvalue weighted by Crippen LogP contribution is -2.47. The van der Waals surface area contributed by atoms with Gasteiger partial charge >= 0.3 is 0 Å². The van der Waals surface area contributed by atoms with Gasteiger partial charge in [-0.3, -0.25) is 4.79 Å². The first-order chi connectivity index (χ1) is 5.91. The van der Waals surface area contributed by atoms with Crippen LogP contribution in [0.3, 0.4) is 0 Å². The summed E-state index contributed by atoms with van der Waals surface area (Å²) >= 11 is 3.22. The number of amides is 1. The smallest absolute Gasteiger partial charge is 0.236 e. The third-order valence-corrected chi connectivity index (χ3v) is 1.82. The average Bonchev–Trinajstić information content (AvgIpc) is 2.01. The highest BCUT2D eigenvalue weighted by atomic mass is 79.9. The molecule has 13 heavy (non-hydrogen) atoms. The molecule has 4 nitrogen and oxygen atoms in total. The Balaban J connectivity index is 4.01. The molecule has 0 aromatic carbocycles. The SMILES string of the molecule is COCC(CO)NC(=O)C(C)(C)Br. The summed E-state index contributed by atoms with van der Waals surface area (Å²) in [5.41, 5.74) is 0. The van der Waals surface area contributed by atoms with Gasteiger partial charge < -0.3 is 15.2 Å². The highest BCUT2D eigenvalue weighted by Gasteiger charge is 2.25. The highest BCUT2D eigenvalue weighted by Crippen LogP contribution is 2.15. The van der Waals surface area contributed by atoms with Crippen molar-refractivity contribution in [2.24, 2.45) is 0 Å². The molecule has 0 aliphatic heterocycles. The molecule has 5 heteroatoms. The van der Waals surface area contributed by atoms with Gasteiger partial charge in [-0.1, -0.05) is 15.9 Å². The molecule has 2 N–H and O–H groups in total. The molecule has 0 spiro atoms. The second-order valence-electron chi connectivity index (χ2n) is 3.28. The number of rotatable bonds is 5. The molecule has 0 fully saturated rings. The van der Waals surface area contributed by atoms with Gasteiger partial charge in [0.05, 0.1) is 23.6 Å². The van der Waals surface area contributed by atoms with Gasteiger partial charge in [0.1, 0.15) is 0 Å². The van der Waals surface area contributed by atoms with E-state index < -0.39 is 4.32 Å². The first-order valence-electron chi connectivity index (χ1n) is 4.01. The van der Waals surface area contributed by atoms with E-state index >= 15 is 0 Å². The fourth-order valence-corrected chi connectivity index (χ4v) is 0.813. The number of aliphatic hydroxyl groups is 1.